The molecule has 0 aliphatic carbocycles. The lowest BCUT2D eigenvalue weighted by atomic mass is 10.1. The molecule has 2 rings (SSSR count). The number of carbonyl (C=O) groups excluding carboxylic acids is 3. The number of ether oxygens (including phenoxy) is 1. The van der Waals surface area contributed by atoms with Crippen molar-refractivity contribution < 1.29 is 19.1 Å². The molecule has 0 saturated heterocycles. The van der Waals surface area contributed by atoms with Crippen molar-refractivity contribution in [3.05, 3.63) is 52.2 Å². The van der Waals surface area contributed by atoms with E-state index in [2.05, 4.69) is 5.32 Å². The van der Waals surface area contributed by atoms with Crippen LogP contribution in [0.2, 0.25) is 0 Å². The van der Waals surface area contributed by atoms with Crippen molar-refractivity contribution in [2.75, 3.05) is 11.9 Å². The summed E-state index contributed by atoms with van der Waals surface area (Å²) in [5.74, 6) is -1.09. The molecule has 0 atom stereocenters. The molecule has 2 aromatic rings. The molecule has 0 bridgehead atoms. The van der Waals surface area contributed by atoms with Gasteiger partial charge in [0.05, 0.1) is 5.56 Å². The van der Waals surface area contributed by atoms with Crippen LogP contribution in [0.3, 0.4) is 0 Å². The minimum atomic E-state index is -0.538. The average molecular weight is 303 g/mol. The second-order valence-electron chi connectivity index (χ2n) is 4.27. The molecule has 21 heavy (non-hydrogen) atoms. The molecule has 1 aromatic heterocycles. The third-order valence-corrected chi connectivity index (χ3v) is 3.33. The van der Waals surface area contributed by atoms with Crippen LogP contribution in [0.5, 0.6) is 0 Å². The smallest absolute Gasteiger partial charge is 0.339 e. The lowest BCUT2D eigenvalue weighted by Crippen LogP contribution is -2.20. The van der Waals surface area contributed by atoms with Gasteiger partial charge >= 0.3 is 5.97 Å². The van der Waals surface area contributed by atoms with E-state index in [1.165, 1.54) is 18.3 Å². The minimum Gasteiger partial charge on any atom is -0.452 e. The van der Waals surface area contributed by atoms with Gasteiger partial charge in [0.1, 0.15) is 0 Å². The summed E-state index contributed by atoms with van der Waals surface area (Å²) in [6.07, 6.45) is 0. The molecule has 1 amide bonds. The van der Waals surface area contributed by atoms with Gasteiger partial charge in [0.2, 0.25) is 0 Å². The van der Waals surface area contributed by atoms with E-state index in [0.717, 1.165) is 0 Å². The topological polar surface area (TPSA) is 72.5 Å². The van der Waals surface area contributed by atoms with E-state index in [-0.39, 0.29) is 12.4 Å². The molecule has 0 radical (unpaired) electrons. The van der Waals surface area contributed by atoms with Crippen LogP contribution < -0.4 is 5.32 Å². The van der Waals surface area contributed by atoms with Gasteiger partial charge < -0.3 is 10.1 Å². The van der Waals surface area contributed by atoms with Crippen molar-refractivity contribution in [3.8, 4) is 0 Å². The number of Topliss-reactive ketones (excluding diaryl/α,β-unsaturated/α-hetero) is 1. The number of nitrogens with one attached hydrogen (secondary N) is 1. The Morgan fingerprint density at radius 3 is 2.67 bits per heavy atom. The van der Waals surface area contributed by atoms with Crippen molar-refractivity contribution in [1.82, 2.24) is 0 Å². The van der Waals surface area contributed by atoms with Crippen LogP contribution >= 0.6 is 11.3 Å². The van der Waals surface area contributed by atoms with Crippen molar-refractivity contribution in [1.29, 1.82) is 0 Å². The summed E-state index contributed by atoms with van der Waals surface area (Å²) in [5.41, 5.74) is 1.41. The molecular weight excluding hydrogens is 290 g/mol. The Morgan fingerprint density at radius 1 is 1.19 bits per heavy atom. The largest absolute Gasteiger partial charge is 0.452 e. The zero-order valence-corrected chi connectivity index (χ0v) is 12.1. The van der Waals surface area contributed by atoms with Gasteiger partial charge in [-0.1, -0.05) is 12.1 Å². The van der Waals surface area contributed by atoms with Crippen LogP contribution in [0.4, 0.5) is 5.69 Å². The molecule has 108 valence electrons. The number of thiophene rings is 1. The first-order valence-corrected chi connectivity index (χ1v) is 7.10. The van der Waals surface area contributed by atoms with Gasteiger partial charge in [0.15, 0.2) is 12.4 Å². The summed E-state index contributed by atoms with van der Waals surface area (Å²) in [6, 6.07) is 8.19. The van der Waals surface area contributed by atoms with Crippen LogP contribution in [0, 0.1) is 0 Å². The Kier molecular flexibility index (Phi) is 4.84. The Balaban J connectivity index is 1.89. The molecule has 0 saturated carbocycles. The van der Waals surface area contributed by atoms with E-state index in [4.69, 9.17) is 4.74 Å². The number of ketones is 1. The number of rotatable bonds is 5. The number of carbonyl (C=O) groups is 3. The predicted octanol–water partition coefficient (Wildman–Crippen LogP) is 2.75. The maximum Gasteiger partial charge on any atom is 0.339 e. The van der Waals surface area contributed by atoms with Gasteiger partial charge in [0, 0.05) is 16.6 Å². The Bertz CT molecular complexity index is 664. The number of anilines is 1. The summed E-state index contributed by atoms with van der Waals surface area (Å²) < 4.78 is 4.89. The van der Waals surface area contributed by atoms with Crippen molar-refractivity contribution >= 4 is 34.7 Å². The maximum absolute atomic E-state index is 11.7. The average Bonchev–Trinajstić information content (AvgIpc) is 2.99. The third kappa shape index (κ3) is 4.25. The van der Waals surface area contributed by atoms with Gasteiger partial charge in [-0.25, -0.2) is 4.79 Å². The van der Waals surface area contributed by atoms with E-state index in [1.807, 2.05) is 0 Å². The van der Waals surface area contributed by atoms with Gasteiger partial charge in [-0.05, 0) is 30.5 Å². The Morgan fingerprint density at radius 2 is 2.00 bits per heavy atom. The molecule has 1 heterocycles. The first-order chi connectivity index (χ1) is 10.1. The fourth-order valence-electron chi connectivity index (χ4n) is 1.61. The van der Waals surface area contributed by atoms with Crippen LogP contribution in [0.1, 0.15) is 27.6 Å². The first kappa shape index (κ1) is 14.9. The zero-order chi connectivity index (χ0) is 15.2. The van der Waals surface area contributed by atoms with Crippen LogP contribution in [0.25, 0.3) is 0 Å². The van der Waals surface area contributed by atoms with E-state index in [0.29, 0.717) is 16.8 Å². The SMILES string of the molecule is CC(=O)c1cccc(NC(=O)COC(=O)c2ccsc2)c1. The maximum atomic E-state index is 11.7. The molecule has 0 unspecified atom stereocenters. The summed E-state index contributed by atoms with van der Waals surface area (Å²) in [7, 11) is 0. The van der Waals surface area contributed by atoms with Gasteiger partial charge in [0.25, 0.3) is 5.91 Å². The van der Waals surface area contributed by atoms with E-state index >= 15 is 0 Å². The summed E-state index contributed by atoms with van der Waals surface area (Å²) in [5, 5.41) is 5.98. The molecule has 0 fully saturated rings. The fourth-order valence-corrected chi connectivity index (χ4v) is 2.23. The molecule has 0 spiro atoms. The highest BCUT2D eigenvalue weighted by molar-refractivity contribution is 7.08. The second kappa shape index (κ2) is 6.81. The van der Waals surface area contributed by atoms with Crippen molar-refractivity contribution in [2.45, 2.75) is 6.92 Å². The number of amides is 1. The van der Waals surface area contributed by atoms with Gasteiger partial charge in [-0.15, -0.1) is 0 Å². The standard InChI is InChI=1S/C15H13NO4S/c1-10(17)11-3-2-4-13(7-11)16-14(18)8-20-15(19)12-5-6-21-9-12/h2-7,9H,8H2,1H3,(H,16,18). The number of hydrogen-bond acceptors (Lipinski definition) is 5. The normalized spacial score (nSPS) is 9.95. The summed E-state index contributed by atoms with van der Waals surface area (Å²) >= 11 is 1.38. The Hall–Kier alpha value is -2.47. The monoisotopic (exact) mass is 303 g/mol. The lowest BCUT2D eigenvalue weighted by molar-refractivity contribution is -0.119. The molecule has 1 N–H and O–H groups in total. The highest BCUT2D eigenvalue weighted by atomic mass is 32.1. The summed E-state index contributed by atoms with van der Waals surface area (Å²) in [4.78, 5) is 34.5. The van der Waals surface area contributed by atoms with Crippen LogP contribution in [-0.2, 0) is 9.53 Å². The molecule has 0 aliphatic heterocycles. The van der Waals surface area contributed by atoms with Gasteiger partial charge in [-0.3, -0.25) is 9.59 Å². The molecular formula is C15H13NO4S. The number of benzene rings is 1. The van der Waals surface area contributed by atoms with E-state index in [9.17, 15) is 14.4 Å². The second-order valence-corrected chi connectivity index (χ2v) is 5.05. The fraction of sp³-hybridized carbons (Fsp3) is 0.133. The third-order valence-electron chi connectivity index (χ3n) is 2.64. The highest BCUT2D eigenvalue weighted by Crippen LogP contribution is 2.11. The molecule has 0 aliphatic rings. The number of esters is 1. The zero-order valence-electron chi connectivity index (χ0n) is 11.3. The molecule has 6 heteroatoms. The van der Waals surface area contributed by atoms with Crippen LogP contribution in [0.15, 0.2) is 41.1 Å². The lowest BCUT2D eigenvalue weighted by Gasteiger charge is -2.07. The highest BCUT2D eigenvalue weighted by Gasteiger charge is 2.11. The van der Waals surface area contributed by atoms with Crippen LogP contribution in [-0.4, -0.2) is 24.3 Å². The summed E-state index contributed by atoms with van der Waals surface area (Å²) in [6.45, 7) is 1.07. The van der Waals surface area contributed by atoms with Crippen molar-refractivity contribution in [3.63, 3.8) is 0 Å². The molecule has 5 nitrogen and oxygen atoms in total. The number of hydrogen-bond donors (Lipinski definition) is 1. The molecule has 1 aromatic carbocycles. The van der Waals surface area contributed by atoms with Crippen molar-refractivity contribution in [2.24, 2.45) is 0 Å². The van der Waals surface area contributed by atoms with E-state index < -0.39 is 11.9 Å². The quantitative estimate of drug-likeness (QED) is 0.681. The minimum absolute atomic E-state index is 0.0880. The van der Waals surface area contributed by atoms with E-state index in [1.54, 1.807) is 41.1 Å². The predicted molar refractivity (Wildman–Crippen MR) is 79.7 cm³/mol. The first-order valence-electron chi connectivity index (χ1n) is 6.16. The van der Waals surface area contributed by atoms with Gasteiger partial charge in [-0.2, -0.15) is 11.3 Å². The Labute approximate surface area is 125 Å².